The van der Waals surface area contributed by atoms with E-state index >= 15 is 0 Å². The van der Waals surface area contributed by atoms with E-state index in [2.05, 4.69) is 19.0 Å². The van der Waals surface area contributed by atoms with Gasteiger partial charge in [-0.05, 0) is 30.9 Å². The van der Waals surface area contributed by atoms with Gasteiger partial charge in [0.05, 0.1) is 5.71 Å². The van der Waals surface area contributed by atoms with Gasteiger partial charge < -0.3 is 14.4 Å². The summed E-state index contributed by atoms with van der Waals surface area (Å²) in [4.78, 5) is 12.4. The minimum absolute atomic E-state index is 0.0839. The van der Waals surface area contributed by atoms with E-state index in [0.29, 0.717) is 35.6 Å². The Hall–Kier alpha value is -2.56. The third kappa shape index (κ3) is 2.86. The molecule has 0 bridgehead atoms. The lowest BCUT2D eigenvalue weighted by Gasteiger charge is -2.28. The Morgan fingerprint density at radius 3 is 2.61 bits per heavy atom. The molecule has 0 spiro atoms. The first kappa shape index (κ1) is 15.3. The zero-order valence-corrected chi connectivity index (χ0v) is 13.4. The summed E-state index contributed by atoms with van der Waals surface area (Å²) in [6.07, 6.45) is 1.31. The number of hydrogen-bond acceptors (Lipinski definition) is 5. The number of carbonyl (C=O) groups is 1. The lowest BCUT2D eigenvalue weighted by molar-refractivity contribution is 0.0697. The van der Waals surface area contributed by atoms with Gasteiger partial charge in [0.25, 0.3) is 0 Å². The van der Waals surface area contributed by atoms with Gasteiger partial charge in [0.2, 0.25) is 5.76 Å². The molecule has 1 aromatic heterocycles. The van der Waals surface area contributed by atoms with Gasteiger partial charge in [-0.25, -0.2) is 4.79 Å². The minimum atomic E-state index is -0.543. The summed E-state index contributed by atoms with van der Waals surface area (Å²) in [7, 11) is 0. The van der Waals surface area contributed by atoms with Crippen LogP contribution in [0.15, 0.2) is 39.9 Å². The minimum Gasteiger partial charge on any atom is -0.453 e. The van der Waals surface area contributed by atoms with Gasteiger partial charge in [0, 0.05) is 17.5 Å². The van der Waals surface area contributed by atoms with Gasteiger partial charge in [-0.3, -0.25) is 0 Å². The average Bonchev–Trinajstić information content (AvgIpc) is 2.83. The third-order valence-electron chi connectivity index (χ3n) is 4.05. The van der Waals surface area contributed by atoms with Crippen LogP contribution in [0.25, 0.3) is 0 Å². The van der Waals surface area contributed by atoms with Crippen LogP contribution in [0, 0.1) is 12.3 Å². The van der Waals surface area contributed by atoms with Crippen molar-refractivity contribution in [2.24, 2.45) is 10.6 Å². The fourth-order valence-corrected chi connectivity index (χ4v) is 3.04. The Morgan fingerprint density at radius 2 is 1.96 bits per heavy atom. The van der Waals surface area contributed by atoms with E-state index in [4.69, 9.17) is 9.15 Å². The van der Waals surface area contributed by atoms with Crippen molar-refractivity contribution in [3.8, 4) is 5.75 Å². The first-order valence-electron chi connectivity index (χ1n) is 7.52. The lowest BCUT2D eigenvalue weighted by atomic mass is 9.75. The maximum Gasteiger partial charge on any atom is 0.379 e. The molecule has 0 atom stereocenters. The Bertz CT molecular complexity index is 772. The largest absolute Gasteiger partial charge is 0.453 e. The van der Waals surface area contributed by atoms with E-state index in [0.717, 1.165) is 5.56 Å². The monoisotopic (exact) mass is 313 g/mol. The average molecular weight is 313 g/mol. The predicted molar refractivity (Wildman–Crippen MR) is 85.3 cm³/mol. The van der Waals surface area contributed by atoms with Crippen molar-refractivity contribution in [1.29, 1.82) is 0 Å². The Balaban J connectivity index is 1.97. The van der Waals surface area contributed by atoms with E-state index in [9.17, 15) is 10.0 Å². The van der Waals surface area contributed by atoms with E-state index < -0.39 is 5.97 Å². The molecule has 5 heteroatoms. The number of hydrogen-bond donors (Lipinski definition) is 1. The van der Waals surface area contributed by atoms with Crippen LogP contribution in [0.3, 0.4) is 0 Å². The third-order valence-corrected chi connectivity index (χ3v) is 4.05. The maximum atomic E-state index is 12.4. The molecule has 5 nitrogen and oxygen atoms in total. The molecular weight excluding hydrogens is 294 g/mol. The molecule has 120 valence electrons. The Labute approximate surface area is 134 Å². The summed E-state index contributed by atoms with van der Waals surface area (Å²) < 4.78 is 11.1. The van der Waals surface area contributed by atoms with Crippen LogP contribution in [0.2, 0.25) is 0 Å². The quantitative estimate of drug-likeness (QED) is 0.394. The van der Waals surface area contributed by atoms with Crippen molar-refractivity contribution in [3.63, 3.8) is 0 Å². The molecule has 0 saturated heterocycles. The highest BCUT2D eigenvalue weighted by Crippen LogP contribution is 2.39. The van der Waals surface area contributed by atoms with E-state index in [1.54, 1.807) is 31.2 Å². The van der Waals surface area contributed by atoms with E-state index in [-0.39, 0.29) is 11.2 Å². The van der Waals surface area contributed by atoms with Crippen LogP contribution in [-0.2, 0) is 6.42 Å². The molecular formula is C18H19NO4. The molecule has 1 aliphatic rings. The van der Waals surface area contributed by atoms with Crippen LogP contribution >= 0.6 is 0 Å². The van der Waals surface area contributed by atoms with Crippen LogP contribution in [-0.4, -0.2) is 16.9 Å². The Morgan fingerprint density at radius 1 is 1.26 bits per heavy atom. The van der Waals surface area contributed by atoms with Crippen molar-refractivity contribution in [2.75, 3.05) is 0 Å². The van der Waals surface area contributed by atoms with E-state index in [1.165, 1.54) is 0 Å². The zero-order valence-electron chi connectivity index (χ0n) is 13.4. The molecule has 0 fully saturated rings. The molecule has 0 unspecified atom stereocenters. The van der Waals surface area contributed by atoms with Gasteiger partial charge in [-0.15, -0.1) is 0 Å². The van der Waals surface area contributed by atoms with Gasteiger partial charge in [0.15, 0.2) is 0 Å². The van der Waals surface area contributed by atoms with Crippen LogP contribution in [0.5, 0.6) is 5.75 Å². The number of furan rings is 1. The molecule has 0 aliphatic heterocycles. The number of rotatable bonds is 2. The molecule has 23 heavy (non-hydrogen) atoms. The predicted octanol–water partition coefficient (Wildman–Crippen LogP) is 3.96. The molecule has 3 rings (SSSR count). The molecule has 0 amide bonds. The van der Waals surface area contributed by atoms with Crippen molar-refractivity contribution in [3.05, 3.63) is 53.0 Å². The first-order chi connectivity index (χ1) is 10.9. The Kier molecular flexibility index (Phi) is 3.72. The summed E-state index contributed by atoms with van der Waals surface area (Å²) in [5, 5.41) is 12.7. The summed E-state index contributed by atoms with van der Waals surface area (Å²) >= 11 is 0. The van der Waals surface area contributed by atoms with Gasteiger partial charge in [-0.1, -0.05) is 37.2 Å². The summed E-state index contributed by atoms with van der Waals surface area (Å²) in [6, 6.07) is 8.85. The van der Waals surface area contributed by atoms with Gasteiger partial charge >= 0.3 is 5.97 Å². The van der Waals surface area contributed by atoms with Gasteiger partial charge in [0.1, 0.15) is 11.5 Å². The molecule has 0 radical (unpaired) electrons. The SMILES string of the molecule is Cc1c(C(=O)Oc2ccccc2)oc2c1/C(=N\O)CC(C)(C)C2. The topological polar surface area (TPSA) is 72.0 Å². The highest BCUT2D eigenvalue weighted by Gasteiger charge is 2.36. The second-order valence-corrected chi connectivity index (χ2v) is 6.62. The summed E-state index contributed by atoms with van der Waals surface area (Å²) in [5.74, 6) is 0.755. The van der Waals surface area contributed by atoms with Crippen molar-refractivity contribution in [2.45, 2.75) is 33.6 Å². The molecule has 1 aromatic carbocycles. The number of nitrogens with zero attached hydrogens (tertiary/aromatic N) is 1. The van der Waals surface area contributed by atoms with E-state index in [1.807, 2.05) is 6.07 Å². The van der Waals surface area contributed by atoms with Crippen LogP contribution in [0.4, 0.5) is 0 Å². The zero-order chi connectivity index (χ0) is 16.6. The first-order valence-corrected chi connectivity index (χ1v) is 7.52. The standard InChI is InChI=1S/C18H19NO4/c1-11-15-13(19-21)9-18(2,3)10-14(15)23-16(11)17(20)22-12-7-5-4-6-8-12/h4-8,21H,9-10H2,1-3H3/b19-13-. The summed E-state index contributed by atoms with van der Waals surface area (Å²) in [5.41, 5.74) is 1.85. The smallest absolute Gasteiger partial charge is 0.379 e. The number of ether oxygens (including phenoxy) is 1. The highest BCUT2D eigenvalue weighted by molar-refractivity contribution is 6.06. The summed E-state index contributed by atoms with van der Waals surface area (Å²) in [6.45, 7) is 5.93. The second kappa shape index (κ2) is 5.57. The highest BCUT2D eigenvalue weighted by atomic mass is 16.5. The van der Waals surface area contributed by atoms with Crippen LogP contribution < -0.4 is 4.74 Å². The van der Waals surface area contributed by atoms with Crippen LogP contribution in [0.1, 0.15) is 47.7 Å². The lowest BCUT2D eigenvalue weighted by Crippen LogP contribution is -2.27. The maximum absolute atomic E-state index is 12.4. The van der Waals surface area contributed by atoms with Gasteiger partial charge in [-0.2, -0.15) is 0 Å². The fraction of sp³-hybridized carbons (Fsp3) is 0.333. The molecule has 0 saturated carbocycles. The molecule has 2 aromatic rings. The number of benzene rings is 1. The number of para-hydroxylation sites is 1. The molecule has 1 N–H and O–H groups in total. The van der Waals surface area contributed by atoms with Crippen molar-refractivity contribution < 1.29 is 19.2 Å². The normalized spacial score (nSPS) is 17.8. The molecule has 1 heterocycles. The van der Waals surface area contributed by atoms with Crippen molar-refractivity contribution in [1.82, 2.24) is 0 Å². The second-order valence-electron chi connectivity index (χ2n) is 6.62. The number of esters is 1. The van der Waals surface area contributed by atoms with Crippen molar-refractivity contribution >= 4 is 11.7 Å². The number of fused-ring (bicyclic) bond motifs is 1. The molecule has 1 aliphatic carbocycles. The fourth-order valence-electron chi connectivity index (χ4n) is 3.04. The number of carbonyl (C=O) groups excluding carboxylic acids is 1. The number of oxime groups is 1.